The Hall–Kier alpha value is -3.57. The summed E-state index contributed by atoms with van der Waals surface area (Å²) in [5.41, 5.74) is 4.17. The van der Waals surface area contributed by atoms with E-state index in [9.17, 15) is 13.2 Å². The van der Waals surface area contributed by atoms with Crippen LogP contribution < -0.4 is 9.62 Å². The van der Waals surface area contributed by atoms with Crippen molar-refractivity contribution >= 4 is 59.5 Å². The number of aromatic nitrogens is 1. The van der Waals surface area contributed by atoms with Crippen LogP contribution in [0.1, 0.15) is 27.7 Å². The van der Waals surface area contributed by atoms with Gasteiger partial charge < -0.3 is 5.32 Å². The van der Waals surface area contributed by atoms with E-state index in [1.54, 1.807) is 59.1 Å². The largest absolute Gasteiger partial charge is 0.313 e. The van der Waals surface area contributed by atoms with Crippen LogP contribution in [-0.4, -0.2) is 44.3 Å². The summed E-state index contributed by atoms with van der Waals surface area (Å²) in [5, 5.41) is 4.83. The van der Waals surface area contributed by atoms with Crippen molar-refractivity contribution in [3.63, 3.8) is 0 Å². The van der Waals surface area contributed by atoms with Gasteiger partial charge in [-0.3, -0.25) is 14.0 Å². The molecule has 3 heterocycles. The summed E-state index contributed by atoms with van der Waals surface area (Å²) in [4.78, 5) is 22.1. The van der Waals surface area contributed by atoms with Crippen LogP contribution >= 0.6 is 22.7 Å². The zero-order chi connectivity index (χ0) is 27.9. The number of nitrogens with zero attached hydrogens (tertiary/aromatic N) is 3. The molecule has 0 atom stereocenters. The lowest BCUT2D eigenvalue weighted by Crippen LogP contribution is -2.29. The maximum absolute atomic E-state index is 13.4. The molecular formula is C30H28N4O3S3. The first-order valence-electron chi connectivity index (χ1n) is 13.0. The Morgan fingerprint density at radius 3 is 2.45 bits per heavy atom. The minimum Gasteiger partial charge on any atom is -0.313 e. The summed E-state index contributed by atoms with van der Waals surface area (Å²) in [6, 6.07) is 23.1. The van der Waals surface area contributed by atoms with Crippen molar-refractivity contribution in [2.75, 3.05) is 29.8 Å². The highest BCUT2D eigenvalue weighted by Gasteiger charge is 2.28. The third-order valence-corrected chi connectivity index (χ3v) is 11.2. The first kappa shape index (κ1) is 26.6. The normalized spacial score (nSPS) is 13.8. The number of likely N-dealkylation sites (N-methyl/N-ethyl adjacent to an activating group) is 1. The Bertz CT molecular complexity index is 1760. The molecule has 40 heavy (non-hydrogen) atoms. The van der Waals surface area contributed by atoms with E-state index < -0.39 is 10.0 Å². The van der Waals surface area contributed by atoms with Gasteiger partial charge in [-0.2, -0.15) is 0 Å². The van der Waals surface area contributed by atoms with Gasteiger partial charge in [-0.25, -0.2) is 13.4 Å². The van der Waals surface area contributed by atoms with Crippen LogP contribution in [-0.2, 0) is 23.0 Å². The molecule has 1 aliphatic heterocycles. The van der Waals surface area contributed by atoms with Crippen molar-refractivity contribution in [1.29, 1.82) is 0 Å². The van der Waals surface area contributed by atoms with Gasteiger partial charge in [-0.1, -0.05) is 37.3 Å². The molecule has 0 radical (unpaired) electrons. The number of fused-ring (bicyclic) bond motifs is 2. The number of nitrogens with one attached hydrogen (secondary N) is 1. The Balaban J connectivity index is 1.30. The van der Waals surface area contributed by atoms with Gasteiger partial charge in [0.2, 0.25) is 0 Å². The second kappa shape index (κ2) is 10.8. The van der Waals surface area contributed by atoms with Gasteiger partial charge in [0.05, 0.1) is 20.8 Å². The molecule has 6 rings (SSSR count). The molecule has 0 fully saturated rings. The molecule has 5 aromatic rings. The van der Waals surface area contributed by atoms with Gasteiger partial charge >= 0.3 is 0 Å². The number of benzene rings is 3. The Labute approximate surface area is 241 Å². The van der Waals surface area contributed by atoms with E-state index in [4.69, 9.17) is 4.98 Å². The van der Waals surface area contributed by atoms with Crippen molar-refractivity contribution < 1.29 is 13.2 Å². The second-order valence-electron chi connectivity index (χ2n) is 9.60. The van der Waals surface area contributed by atoms with E-state index in [1.165, 1.54) is 33.9 Å². The fourth-order valence-corrected chi connectivity index (χ4v) is 8.50. The molecule has 2 aromatic heterocycles. The Kier molecular flexibility index (Phi) is 7.18. The lowest BCUT2D eigenvalue weighted by atomic mass is 10.0. The van der Waals surface area contributed by atoms with Crippen molar-refractivity contribution in [3.8, 4) is 10.6 Å². The third kappa shape index (κ3) is 4.92. The molecule has 1 aliphatic rings. The Morgan fingerprint density at radius 2 is 1.73 bits per heavy atom. The zero-order valence-corrected chi connectivity index (χ0v) is 24.6. The summed E-state index contributed by atoms with van der Waals surface area (Å²) in [6.07, 6.45) is 0.905. The lowest BCUT2D eigenvalue weighted by molar-refractivity contribution is 0.102. The molecular weight excluding hydrogens is 561 g/mol. The number of sulfonamides is 1. The first-order chi connectivity index (χ1) is 19.3. The topological polar surface area (TPSA) is 82.6 Å². The predicted molar refractivity (Wildman–Crippen MR) is 164 cm³/mol. The minimum absolute atomic E-state index is 0.122. The van der Waals surface area contributed by atoms with Gasteiger partial charge in [0.25, 0.3) is 15.9 Å². The van der Waals surface area contributed by atoms with Crippen molar-refractivity contribution in [2.45, 2.75) is 24.8 Å². The summed E-state index contributed by atoms with van der Waals surface area (Å²) >= 11 is 3.24. The summed E-state index contributed by atoms with van der Waals surface area (Å²) in [6.45, 7) is 4.96. The number of hydrogen-bond donors (Lipinski definition) is 1. The molecule has 3 aromatic carbocycles. The highest BCUT2D eigenvalue weighted by molar-refractivity contribution is 7.92. The predicted octanol–water partition coefficient (Wildman–Crippen LogP) is 6.48. The van der Waals surface area contributed by atoms with Crippen LogP contribution in [0.2, 0.25) is 0 Å². The van der Waals surface area contributed by atoms with Crippen LogP contribution in [0.25, 0.3) is 20.8 Å². The summed E-state index contributed by atoms with van der Waals surface area (Å²) < 4.78 is 28.7. The molecule has 7 nitrogen and oxygen atoms in total. The number of rotatable bonds is 7. The summed E-state index contributed by atoms with van der Waals surface area (Å²) in [7, 11) is -2.25. The number of thiazole rings is 1. The lowest BCUT2D eigenvalue weighted by Gasteiger charge is -2.25. The van der Waals surface area contributed by atoms with Gasteiger partial charge in [0, 0.05) is 36.1 Å². The van der Waals surface area contributed by atoms with E-state index in [2.05, 4.69) is 23.2 Å². The molecule has 1 N–H and O–H groups in total. The van der Waals surface area contributed by atoms with Crippen LogP contribution in [0.15, 0.2) is 83.8 Å². The second-order valence-corrected chi connectivity index (χ2v) is 13.7. The molecule has 0 saturated heterocycles. The van der Waals surface area contributed by atoms with Crippen molar-refractivity contribution in [3.05, 3.63) is 94.9 Å². The molecule has 204 valence electrons. The van der Waals surface area contributed by atoms with Crippen molar-refractivity contribution in [2.24, 2.45) is 0 Å². The van der Waals surface area contributed by atoms with Crippen molar-refractivity contribution in [1.82, 2.24) is 9.88 Å². The molecule has 10 heteroatoms. The van der Waals surface area contributed by atoms with E-state index in [0.29, 0.717) is 11.3 Å². The minimum atomic E-state index is -3.77. The van der Waals surface area contributed by atoms with Crippen LogP contribution in [0.3, 0.4) is 0 Å². The SMILES string of the molecule is CCN1CCc2c(sc(NC(=O)c3ccc(S(=O)(=O)N(C)c4ccccc4)cc3)c2-c2nc3ccccc3s2)C1. The average Bonchev–Trinajstić information content (AvgIpc) is 3.57. The maximum Gasteiger partial charge on any atom is 0.264 e. The number of anilines is 2. The van der Waals surface area contributed by atoms with E-state index in [0.717, 1.165) is 51.8 Å². The highest BCUT2D eigenvalue weighted by atomic mass is 32.2. The summed E-state index contributed by atoms with van der Waals surface area (Å²) in [5.74, 6) is -0.284. The number of para-hydroxylation sites is 2. The monoisotopic (exact) mass is 588 g/mol. The number of amides is 1. The molecule has 0 bridgehead atoms. The molecule has 1 amide bonds. The van der Waals surface area contributed by atoms with Gasteiger partial charge in [-0.05, 0) is 67.1 Å². The maximum atomic E-state index is 13.4. The van der Waals surface area contributed by atoms with E-state index >= 15 is 0 Å². The molecule has 0 aliphatic carbocycles. The third-order valence-electron chi connectivity index (χ3n) is 7.21. The van der Waals surface area contributed by atoms with Gasteiger partial charge in [0.1, 0.15) is 10.0 Å². The fourth-order valence-electron chi connectivity index (χ4n) is 4.91. The molecule has 0 unspecified atom stereocenters. The highest BCUT2D eigenvalue weighted by Crippen LogP contribution is 2.45. The number of carbonyl (C=O) groups excluding carboxylic acids is 1. The number of thiophene rings is 1. The molecule has 0 saturated carbocycles. The zero-order valence-electron chi connectivity index (χ0n) is 22.1. The van der Waals surface area contributed by atoms with Gasteiger partial charge in [-0.15, -0.1) is 22.7 Å². The average molecular weight is 589 g/mol. The smallest absolute Gasteiger partial charge is 0.264 e. The quantitative estimate of drug-likeness (QED) is 0.235. The standard InChI is InChI=1S/C30H28N4O3S3/c1-3-34-18-17-23-26(19-34)39-30(27(23)29-31-24-11-7-8-12-25(24)38-29)32-28(35)20-13-15-22(16-14-20)40(36,37)33(2)21-9-5-4-6-10-21/h4-16H,3,17-19H2,1-2H3,(H,32,35). The fraction of sp³-hybridized carbons (Fsp3) is 0.200. The molecule has 0 spiro atoms. The number of hydrogen-bond acceptors (Lipinski definition) is 7. The van der Waals surface area contributed by atoms with Gasteiger partial charge in [0.15, 0.2) is 0 Å². The van der Waals surface area contributed by atoms with Crippen LogP contribution in [0, 0.1) is 0 Å². The van der Waals surface area contributed by atoms with Crippen LogP contribution in [0.5, 0.6) is 0 Å². The van der Waals surface area contributed by atoms with E-state index in [1.807, 2.05) is 24.3 Å². The van der Waals surface area contributed by atoms with E-state index in [-0.39, 0.29) is 10.8 Å². The van der Waals surface area contributed by atoms with Crippen LogP contribution in [0.4, 0.5) is 10.7 Å². The Morgan fingerprint density at radius 1 is 1.00 bits per heavy atom. The number of carbonyl (C=O) groups is 1. The first-order valence-corrected chi connectivity index (χ1v) is 16.1.